The minimum atomic E-state index is -3.04. The third kappa shape index (κ3) is 4.76. The van der Waals surface area contributed by atoms with E-state index in [1.54, 1.807) is 4.90 Å². The highest BCUT2D eigenvalue weighted by Gasteiger charge is 2.51. The van der Waals surface area contributed by atoms with E-state index >= 15 is 0 Å². The summed E-state index contributed by atoms with van der Waals surface area (Å²) >= 11 is 0. The molecule has 0 bridgehead atoms. The highest BCUT2D eigenvalue weighted by molar-refractivity contribution is 7.91. The molecule has 4 rings (SSSR count). The second-order valence-electron chi connectivity index (χ2n) is 11.5. The van der Waals surface area contributed by atoms with E-state index in [9.17, 15) is 18.0 Å². The first-order valence-corrected chi connectivity index (χ1v) is 14.2. The van der Waals surface area contributed by atoms with Crippen LogP contribution in [0.1, 0.15) is 51.5 Å². The quantitative estimate of drug-likeness (QED) is 0.635. The first kappa shape index (κ1) is 25.2. The Balaban J connectivity index is 1.42. The summed E-state index contributed by atoms with van der Waals surface area (Å²) in [5, 5.41) is 0. The number of carbonyl (C=O) groups is 2. The minimum absolute atomic E-state index is 0.00713. The van der Waals surface area contributed by atoms with Crippen LogP contribution in [0.4, 0.5) is 0 Å². The van der Waals surface area contributed by atoms with Crippen molar-refractivity contribution in [2.45, 2.75) is 51.5 Å². The van der Waals surface area contributed by atoms with Gasteiger partial charge in [0.15, 0.2) is 9.84 Å². The van der Waals surface area contributed by atoms with Crippen LogP contribution in [0.2, 0.25) is 0 Å². The lowest BCUT2D eigenvalue weighted by molar-refractivity contribution is -0.142. The fraction of sp³-hybridized carbons (Fsp3) is 0.692. The Labute approximate surface area is 204 Å². The lowest BCUT2D eigenvalue weighted by Gasteiger charge is -2.49. The molecule has 8 heteroatoms. The Kier molecular flexibility index (Phi) is 6.62. The van der Waals surface area contributed by atoms with Crippen molar-refractivity contribution in [1.29, 1.82) is 0 Å². The van der Waals surface area contributed by atoms with E-state index in [0.717, 1.165) is 25.7 Å². The van der Waals surface area contributed by atoms with Crippen molar-refractivity contribution in [2.24, 2.45) is 10.8 Å². The third-order valence-electron chi connectivity index (χ3n) is 8.51. The maximum absolute atomic E-state index is 13.2. The molecule has 2 heterocycles. The Morgan fingerprint density at radius 2 is 1.62 bits per heavy atom. The Bertz CT molecular complexity index is 1010. The number of benzene rings is 1. The highest BCUT2D eigenvalue weighted by Crippen LogP contribution is 2.52. The van der Waals surface area contributed by atoms with E-state index in [4.69, 9.17) is 0 Å². The second-order valence-corrected chi connectivity index (χ2v) is 13.9. The van der Waals surface area contributed by atoms with Crippen LogP contribution in [0.15, 0.2) is 30.3 Å². The smallest absolute Gasteiger partial charge is 0.230 e. The summed E-state index contributed by atoms with van der Waals surface area (Å²) in [5.41, 5.74) is 0.566. The minimum Gasteiger partial charge on any atom is -0.341 e. The molecule has 1 aliphatic carbocycles. The molecule has 0 unspecified atom stereocenters. The average Bonchev–Trinajstić information content (AvgIpc) is 3.08. The van der Waals surface area contributed by atoms with Crippen molar-refractivity contribution in [3.63, 3.8) is 0 Å². The fourth-order valence-corrected chi connectivity index (χ4v) is 7.49. The van der Waals surface area contributed by atoms with Crippen LogP contribution >= 0.6 is 0 Å². The Morgan fingerprint density at radius 3 is 2.18 bits per heavy atom. The van der Waals surface area contributed by atoms with Gasteiger partial charge in [-0.2, -0.15) is 0 Å². The van der Waals surface area contributed by atoms with Crippen molar-refractivity contribution in [3.05, 3.63) is 35.9 Å². The number of amides is 2. The van der Waals surface area contributed by atoms with Gasteiger partial charge in [0.05, 0.1) is 16.9 Å². The van der Waals surface area contributed by atoms with Gasteiger partial charge in [-0.3, -0.25) is 14.5 Å². The summed E-state index contributed by atoms with van der Waals surface area (Å²) in [7, 11) is 1.26. The first-order chi connectivity index (χ1) is 15.9. The molecular weight excluding hydrogens is 450 g/mol. The van der Waals surface area contributed by atoms with Crippen LogP contribution in [0, 0.1) is 10.8 Å². The summed E-state index contributed by atoms with van der Waals surface area (Å²) in [6.07, 6.45) is 4.55. The average molecular weight is 490 g/mol. The first-order valence-electron chi connectivity index (χ1n) is 12.4. The highest BCUT2D eigenvalue weighted by atomic mass is 32.2. The summed E-state index contributed by atoms with van der Waals surface area (Å²) in [6.45, 7) is 5.33. The number of hydrogen-bond acceptors (Lipinski definition) is 5. The van der Waals surface area contributed by atoms with Gasteiger partial charge in [-0.15, -0.1) is 0 Å². The lowest BCUT2D eigenvalue weighted by atomic mass is 9.64. The number of hydrogen-bond donors (Lipinski definition) is 0. The van der Waals surface area contributed by atoms with Gasteiger partial charge < -0.3 is 9.80 Å². The van der Waals surface area contributed by atoms with Gasteiger partial charge in [0, 0.05) is 38.1 Å². The van der Waals surface area contributed by atoms with E-state index in [0.29, 0.717) is 19.5 Å². The summed E-state index contributed by atoms with van der Waals surface area (Å²) < 4.78 is 23.5. The van der Waals surface area contributed by atoms with E-state index < -0.39 is 15.3 Å². The Hall–Kier alpha value is -1.93. The molecule has 1 aromatic carbocycles. The maximum atomic E-state index is 13.2. The molecule has 2 amide bonds. The van der Waals surface area contributed by atoms with Crippen molar-refractivity contribution in [3.8, 4) is 0 Å². The number of likely N-dealkylation sites (tertiary alicyclic amines) is 1. The van der Waals surface area contributed by atoms with Gasteiger partial charge >= 0.3 is 0 Å². The van der Waals surface area contributed by atoms with Gasteiger partial charge in [0.1, 0.15) is 0 Å². The number of nitrogens with zero attached hydrogens (tertiary/aromatic N) is 3. The molecule has 0 aromatic heterocycles. The molecule has 0 atom stereocenters. The van der Waals surface area contributed by atoms with Crippen molar-refractivity contribution in [2.75, 3.05) is 51.8 Å². The van der Waals surface area contributed by atoms with Crippen LogP contribution in [0.25, 0.3) is 0 Å². The second kappa shape index (κ2) is 8.94. The summed E-state index contributed by atoms with van der Waals surface area (Å²) in [5.74, 6) is 0.125. The van der Waals surface area contributed by atoms with Crippen molar-refractivity contribution >= 4 is 21.7 Å². The maximum Gasteiger partial charge on any atom is 0.230 e. The molecule has 1 saturated carbocycles. The third-order valence-corrected chi connectivity index (χ3v) is 10.1. The zero-order chi connectivity index (χ0) is 24.8. The molecule has 188 valence electrons. The van der Waals surface area contributed by atoms with Crippen LogP contribution in [-0.4, -0.2) is 86.7 Å². The predicted octanol–water partition coefficient (Wildman–Crippen LogP) is 2.52. The van der Waals surface area contributed by atoms with Crippen LogP contribution < -0.4 is 0 Å². The molecular formula is C26H39N3O4S. The van der Waals surface area contributed by atoms with Crippen molar-refractivity contribution in [1.82, 2.24) is 14.7 Å². The zero-order valence-electron chi connectivity index (χ0n) is 21.0. The number of sulfone groups is 1. The van der Waals surface area contributed by atoms with Gasteiger partial charge in [0.2, 0.25) is 11.8 Å². The molecule has 2 aliphatic heterocycles. The standard InChI is InChI=1S/C26H39N3O4S/c1-24(2,23(31)28-14-16-34(32,33)17-15-28)19-29-20-25(18-22(29)30)10-12-26(13-11-25,27(3)4)21-8-6-5-7-9-21/h5-9H,10-20H2,1-4H3. The number of carbonyl (C=O) groups excluding carboxylic acids is 2. The molecule has 3 fully saturated rings. The van der Waals surface area contributed by atoms with Gasteiger partial charge in [-0.1, -0.05) is 30.3 Å². The largest absolute Gasteiger partial charge is 0.341 e. The molecule has 0 N–H and O–H groups in total. The summed E-state index contributed by atoms with van der Waals surface area (Å²) in [4.78, 5) is 32.2. The molecule has 3 aliphatic rings. The SMILES string of the molecule is CN(C)C1(c2ccccc2)CCC2(CC1)CC(=O)N(CC(C)(C)C(=O)N1CCS(=O)(=O)CC1)C2. The van der Waals surface area contributed by atoms with Gasteiger partial charge in [0.25, 0.3) is 0 Å². The van der Waals surface area contributed by atoms with Crippen LogP contribution in [0.5, 0.6) is 0 Å². The molecule has 2 saturated heterocycles. The Morgan fingerprint density at radius 1 is 1.03 bits per heavy atom. The molecule has 1 aromatic rings. The lowest BCUT2D eigenvalue weighted by Crippen LogP contribution is -2.52. The van der Waals surface area contributed by atoms with E-state index in [1.807, 2.05) is 18.7 Å². The zero-order valence-corrected chi connectivity index (χ0v) is 21.9. The predicted molar refractivity (Wildman–Crippen MR) is 133 cm³/mol. The molecule has 1 spiro atoms. The molecule has 34 heavy (non-hydrogen) atoms. The van der Waals surface area contributed by atoms with E-state index in [-0.39, 0.29) is 47.4 Å². The van der Waals surface area contributed by atoms with Crippen LogP contribution in [0.3, 0.4) is 0 Å². The van der Waals surface area contributed by atoms with Gasteiger partial charge in [-0.25, -0.2) is 8.42 Å². The monoisotopic (exact) mass is 489 g/mol. The van der Waals surface area contributed by atoms with Crippen molar-refractivity contribution < 1.29 is 18.0 Å². The fourth-order valence-electron chi connectivity index (χ4n) is 6.29. The normalized spacial score (nSPS) is 29.7. The topological polar surface area (TPSA) is 78.0 Å². The van der Waals surface area contributed by atoms with E-state index in [2.05, 4.69) is 49.3 Å². The molecule has 7 nitrogen and oxygen atoms in total. The van der Waals surface area contributed by atoms with E-state index in [1.165, 1.54) is 5.56 Å². The van der Waals surface area contributed by atoms with Crippen LogP contribution in [-0.2, 0) is 25.0 Å². The number of rotatable bonds is 5. The molecule has 0 radical (unpaired) electrons. The summed E-state index contributed by atoms with van der Waals surface area (Å²) in [6, 6.07) is 10.7. The van der Waals surface area contributed by atoms with Gasteiger partial charge in [-0.05, 0) is 64.6 Å².